The van der Waals surface area contributed by atoms with Gasteiger partial charge in [-0.25, -0.2) is 4.98 Å². The van der Waals surface area contributed by atoms with E-state index in [1.807, 2.05) is 6.92 Å². The van der Waals surface area contributed by atoms with Gasteiger partial charge in [-0.3, -0.25) is 0 Å². The average Bonchev–Trinajstić information content (AvgIpc) is 2.59. The van der Waals surface area contributed by atoms with Crippen molar-refractivity contribution in [2.24, 2.45) is 5.92 Å². The summed E-state index contributed by atoms with van der Waals surface area (Å²) in [6, 6.07) is 0. The van der Waals surface area contributed by atoms with Crippen molar-refractivity contribution in [1.82, 2.24) is 4.98 Å². The van der Waals surface area contributed by atoms with Gasteiger partial charge in [0.1, 0.15) is 6.29 Å². The van der Waals surface area contributed by atoms with E-state index in [0.717, 1.165) is 43.0 Å². The summed E-state index contributed by atoms with van der Waals surface area (Å²) in [6.07, 6.45) is 3.21. The summed E-state index contributed by atoms with van der Waals surface area (Å²) >= 11 is 1.73. The van der Waals surface area contributed by atoms with Gasteiger partial charge >= 0.3 is 0 Å². The quantitative estimate of drug-likeness (QED) is 0.722. The van der Waals surface area contributed by atoms with Gasteiger partial charge in [0.2, 0.25) is 0 Å². The third-order valence-electron chi connectivity index (χ3n) is 2.94. The standard InChI is InChI=1S/C11H16N2OS/c1-8-9(2)15-11(12-8)13-5-3-4-10(6-13)7-14/h7,10H,3-6H2,1-2H3. The molecule has 1 unspecified atom stereocenters. The Bertz CT molecular complexity index is 342. The fourth-order valence-electron chi connectivity index (χ4n) is 1.89. The first-order valence-corrected chi connectivity index (χ1v) is 6.16. The van der Waals surface area contributed by atoms with E-state index in [-0.39, 0.29) is 5.92 Å². The maximum atomic E-state index is 10.8. The van der Waals surface area contributed by atoms with Gasteiger partial charge in [-0.05, 0) is 26.7 Å². The van der Waals surface area contributed by atoms with Crippen molar-refractivity contribution >= 4 is 22.8 Å². The van der Waals surface area contributed by atoms with E-state index in [2.05, 4.69) is 16.8 Å². The highest BCUT2D eigenvalue weighted by Gasteiger charge is 2.21. The number of anilines is 1. The maximum Gasteiger partial charge on any atom is 0.185 e. The predicted molar refractivity (Wildman–Crippen MR) is 62.6 cm³/mol. The fourth-order valence-corrected chi connectivity index (χ4v) is 2.83. The maximum absolute atomic E-state index is 10.8. The van der Waals surface area contributed by atoms with Crippen molar-refractivity contribution < 1.29 is 4.79 Å². The van der Waals surface area contributed by atoms with Crippen LogP contribution in [0.25, 0.3) is 0 Å². The number of carbonyl (C=O) groups is 1. The monoisotopic (exact) mass is 224 g/mol. The number of thiazole rings is 1. The van der Waals surface area contributed by atoms with Gasteiger partial charge in [0.25, 0.3) is 0 Å². The molecule has 1 fully saturated rings. The summed E-state index contributed by atoms with van der Waals surface area (Å²) in [5, 5.41) is 1.08. The first-order valence-electron chi connectivity index (χ1n) is 5.35. The average molecular weight is 224 g/mol. The molecular formula is C11H16N2OS. The van der Waals surface area contributed by atoms with Crippen LogP contribution >= 0.6 is 11.3 Å². The zero-order valence-electron chi connectivity index (χ0n) is 9.19. The SMILES string of the molecule is Cc1nc(N2CCCC(C=O)C2)sc1C. The number of aldehydes is 1. The second kappa shape index (κ2) is 4.31. The molecule has 0 aromatic carbocycles. The van der Waals surface area contributed by atoms with Crippen LogP contribution in [0.1, 0.15) is 23.4 Å². The summed E-state index contributed by atoms with van der Waals surface area (Å²) in [5.74, 6) is 0.197. The number of piperidine rings is 1. The van der Waals surface area contributed by atoms with Crippen LogP contribution in [-0.4, -0.2) is 24.4 Å². The molecule has 0 spiro atoms. The highest BCUT2D eigenvalue weighted by Crippen LogP contribution is 2.28. The molecule has 1 aliphatic rings. The molecule has 0 bridgehead atoms. The van der Waals surface area contributed by atoms with E-state index >= 15 is 0 Å². The van der Waals surface area contributed by atoms with Crippen molar-refractivity contribution in [3.63, 3.8) is 0 Å². The molecule has 3 nitrogen and oxygen atoms in total. The summed E-state index contributed by atoms with van der Waals surface area (Å²) < 4.78 is 0. The minimum Gasteiger partial charge on any atom is -0.347 e. The third-order valence-corrected chi connectivity index (χ3v) is 4.07. The number of aryl methyl sites for hydroxylation is 2. The highest BCUT2D eigenvalue weighted by atomic mass is 32.1. The lowest BCUT2D eigenvalue weighted by Gasteiger charge is -2.29. The molecular weight excluding hydrogens is 208 g/mol. The van der Waals surface area contributed by atoms with Gasteiger partial charge in [-0.2, -0.15) is 0 Å². The predicted octanol–water partition coefficient (Wildman–Crippen LogP) is 2.18. The fraction of sp³-hybridized carbons (Fsp3) is 0.636. The number of nitrogens with zero attached hydrogens (tertiary/aromatic N) is 2. The summed E-state index contributed by atoms with van der Waals surface area (Å²) in [4.78, 5) is 18.8. The van der Waals surface area contributed by atoms with Crippen LogP contribution in [0, 0.1) is 19.8 Å². The molecule has 0 radical (unpaired) electrons. The number of hydrogen-bond acceptors (Lipinski definition) is 4. The minimum atomic E-state index is 0.197. The molecule has 0 aliphatic carbocycles. The Morgan fingerprint density at radius 2 is 2.33 bits per heavy atom. The zero-order chi connectivity index (χ0) is 10.8. The first-order chi connectivity index (χ1) is 7.20. The van der Waals surface area contributed by atoms with Crippen molar-refractivity contribution in [2.45, 2.75) is 26.7 Å². The van der Waals surface area contributed by atoms with Crippen LogP contribution in [0.5, 0.6) is 0 Å². The molecule has 1 aromatic rings. The van der Waals surface area contributed by atoms with Gasteiger partial charge in [0.05, 0.1) is 5.69 Å². The van der Waals surface area contributed by atoms with Gasteiger partial charge in [-0.15, -0.1) is 11.3 Å². The number of hydrogen-bond donors (Lipinski definition) is 0. The lowest BCUT2D eigenvalue weighted by atomic mass is 10.0. The Morgan fingerprint density at radius 3 is 2.93 bits per heavy atom. The molecule has 2 rings (SSSR count). The van der Waals surface area contributed by atoms with Crippen LogP contribution in [-0.2, 0) is 4.79 Å². The summed E-state index contributed by atoms with van der Waals surface area (Å²) in [6.45, 7) is 6.01. The van der Waals surface area contributed by atoms with Crippen LogP contribution in [0.15, 0.2) is 0 Å². The van der Waals surface area contributed by atoms with Crippen LogP contribution in [0.4, 0.5) is 5.13 Å². The lowest BCUT2D eigenvalue weighted by Crippen LogP contribution is -2.35. The van der Waals surface area contributed by atoms with Gasteiger partial charge < -0.3 is 9.69 Å². The number of carbonyl (C=O) groups excluding carboxylic acids is 1. The number of aromatic nitrogens is 1. The van der Waals surface area contributed by atoms with E-state index in [9.17, 15) is 4.79 Å². The first kappa shape index (κ1) is 10.6. The largest absolute Gasteiger partial charge is 0.347 e. The Morgan fingerprint density at radius 1 is 1.53 bits per heavy atom. The topological polar surface area (TPSA) is 33.2 Å². The van der Waals surface area contributed by atoms with Crippen LogP contribution in [0.2, 0.25) is 0 Å². The second-order valence-electron chi connectivity index (χ2n) is 4.12. The normalized spacial score (nSPS) is 21.7. The van der Waals surface area contributed by atoms with Crippen molar-refractivity contribution in [3.05, 3.63) is 10.6 Å². The van der Waals surface area contributed by atoms with Crippen molar-refractivity contribution in [2.75, 3.05) is 18.0 Å². The van der Waals surface area contributed by atoms with E-state index in [4.69, 9.17) is 0 Å². The summed E-state index contributed by atoms with van der Waals surface area (Å²) in [7, 11) is 0. The van der Waals surface area contributed by atoms with Crippen LogP contribution in [0.3, 0.4) is 0 Å². The summed E-state index contributed by atoms with van der Waals surface area (Å²) in [5.41, 5.74) is 1.11. The molecule has 1 aliphatic heterocycles. The molecule has 15 heavy (non-hydrogen) atoms. The molecule has 82 valence electrons. The molecule has 1 saturated heterocycles. The van der Waals surface area contributed by atoms with E-state index in [1.165, 1.54) is 4.88 Å². The van der Waals surface area contributed by atoms with Crippen molar-refractivity contribution in [1.29, 1.82) is 0 Å². The number of rotatable bonds is 2. The van der Waals surface area contributed by atoms with E-state index in [0.29, 0.717) is 0 Å². The van der Waals surface area contributed by atoms with Gasteiger partial charge in [0, 0.05) is 23.9 Å². The van der Waals surface area contributed by atoms with E-state index in [1.54, 1.807) is 11.3 Å². The minimum absolute atomic E-state index is 0.197. The second-order valence-corrected chi connectivity index (χ2v) is 5.30. The van der Waals surface area contributed by atoms with Gasteiger partial charge in [0.15, 0.2) is 5.13 Å². The molecule has 0 N–H and O–H groups in total. The Hall–Kier alpha value is -0.900. The molecule has 1 aromatic heterocycles. The van der Waals surface area contributed by atoms with Gasteiger partial charge in [-0.1, -0.05) is 0 Å². The lowest BCUT2D eigenvalue weighted by molar-refractivity contribution is -0.111. The molecule has 4 heteroatoms. The Balaban J connectivity index is 2.13. The zero-order valence-corrected chi connectivity index (χ0v) is 10.0. The van der Waals surface area contributed by atoms with E-state index < -0.39 is 0 Å². The Labute approximate surface area is 94.1 Å². The molecule has 0 saturated carbocycles. The smallest absolute Gasteiger partial charge is 0.185 e. The third kappa shape index (κ3) is 2.20. The molecule has 0 amide bonds. The molecule has 2 heterocycles. The molecule has 1 atom stereocenters. The highest BCUT2D eigenvalue weighted by molar-refractivity contribution is 7.15. The Kier molecular flexibility index (Phi) is 3.05. The van der Waals surface area contributed by atoms with Crippen LogP contribution < -0.4 is 4.90 Å². The van der Waals surface area contributed by atoms with Crippen molar-refractivity contribution in [3.8, 4) is 0 Å².